The van der Waals surface area contributed by atoms with E-state index in [4.69, 9.17) is 24.5 Å². The van der Waals surface area contributed by atoms with E-state index in [9.17, 15) is 14.4 Å². The number of carbonyl (C=O) groups is 3. The minimum absolute atomic E-state index is 0.0790. The fraction of sp³-hybridized carbons (Fsp3) is 0.333. The number of anilines is 1. The van der Waals surface area contributed by atoms with Crippen LogP contribution in [0.5, 0.6) is 0 Å². The zero-order valence-electron chi connectivity index (χ0n) is 31.4. The number of fused-ring (bicyclic) bond motifs is 5. The van der Waals surface area contributed by atoms with Crippen LogP contribution in [0.15, 0.2) is 137 Å². The number of rotatable bonds is 9. The summed E-state index contributed by atoms with van der Waals surface area (Å²) in [6.45, 7) is 11.7. The van der Waals surface area contributed by atoms with Gasteiger partial charge in [-0.2, -0.15) is 0 Å². The van der Waals surface area contributed by atoms with Crippen molar-refractivity contribution in [2.75, 3.05) is 19.6 Å². The number of aliphatic imine (C=N–C) groups is 3. The first kappa shape index (κ1) is 35.6. The van der Waals surface area contributed by atoms with Crippen LogP contribution in [0.25, 0.3) is 0 Å². The third-order valence-corrected chi connectivity index (χ3v) is 11.0. The van der Waals surface area contributed by atoms with Crippen molar-refractivity contribution in [3.63, 3.8) is 0 Å². The number of Topliss-reactive ketones (excluding diaryl/α,β-unsaturated/α-hetero) is 1. The summed E-state index contributed by atoms with van der Waals surface area (Å²) in [5, 5.41) is 3.70. The standard InChI is InChI=1S/C42H44N6O5/c1-9-26-20(2)28-19-33-35(24(6)49)22(4)30(44-33)17-29-21(3)27(15-16-34(50)52-7)39(45-29)37-38(42(51)53-8)41(48-47-25-13-11-10-12-14-25)36-23(5)31(46-40(36)37)18-32(26)43-28/h10-14,17-19,21,27,38,45,47-48H,9,15-16H2,1-8H3/t21-,27-,38+/m0/s1. The van der Waals surface area contributed by atoms with Crippen molar-refractivity contribution in [3.8, 4) is 0 Å². The van der Waals surface area contributed by atoms with E-state index in [0.717, 1.165) is 68.5 Å². The lowest BCUT2D eigenvalue weighted by molar-refractivity contribution is -0.143. The number of nitrogens with one attached hydrogen (secondary N) is 3. The van der Waals surface area contributed by atoms with E-state index in [1.54, 1.807) is 6.92 Å². The van der Waals surface area contributed by atoms with Gasteiger partial charge in [0.25, 0.3) is 0 Å². The molecule has 1 fully saturated rings. The third kappa shape index (κ3) is 6.03. The molecule has 3 atom stereocenters. The average molecular weight is 713 g/mol. The number of para-hydroxylation sites is 1. The van der Waals surface area contributed by atoms with E-state index in [1.165, 1.54) is 14.2 Å². The van der Waals surface area contributed by atoms with Gasteiger partial charge in [-0.15, -0.1) is 0 Å². The number of nitrogens with zero attached hydrogens (tertiary/aromatic N) is 3. The minimum Gasteiger partial charge on any atom is -0.469 e. The highest BCUT2D eigenvalue weighted by Crippen LogP contribution is 2.49. The molecule has 3 N–H and O–H groups in total. The van der Waals surface area contributed by atoms with Crippen molar-refractivity contribution in [2.45, 2.75) is 60.8 Å². The molecule has 0 amide bonds. The highest BCUT2D eigenvalue weighted by atomic mass is 16.5. The first-order valence-electron chi connectivity index (χ1n) is 18.0. The first-order chi connectivity index (χ1) is 25.5. The fourth-order valence-electron chi connectivity index (χ4n) is 8.14. The number of allylic oxidation sites excluding steroid dienone is 11. The Morgan fingerprint density at radius 2 is 1.58 bits per heavy atom. The lowest BCUT2D eigenvalue weighted by Crippen LogP contribution is -2.32. The number of carbonyl (C=O) groups excluding carboxylic acids is 3. The molecule has 53 heavy (non-hydrogen) atoms. The van der Waals surface area contributed by atoms with E-state index in [2.05, 4.69) is 30.0 Å². The molecule has 7 rings (SSSR count). The largest absolute Gasteiger partial charge is 0.469 e. The van der Waals surface area contributed by atoms with E-state index < -0.39 is 11.9 Å². The van der Waals surface area contributed by atoms with Crippen LogP contribution < -0.4 is 16.2 Å². The molecule has 5 heterocycles. The van der Waals surface area contributed by atoms with Crippen LogP contribution in [0.3, 0.4) is 0 Å². The molecule has 1 saturated heterocycles. The Morgan fingerprint density at radius 3 is 2.26 bits per heavy atom. The van der Waals surface area contributed by atoms with Gasteiger partial charge in [0, 0.05) is 46.4 Å². The van der Waals surface area contributed by atoms with E-state index >= 15 is 0 Å². The van der Waals surface area contributed by atoms with Gasteiger partial charge in [-0.3, -0.25) is 14.4 Å². The number of ketones is 1. The molecule has 1 aliphatic carbocycles. The first-order valence-corrected chi connectivity index (χ1v) is 18.0. The highest BCUT2D eigenvalue weighted by Gasteiger charge is 2.49. The Kier molecular flexibility index (Phi) is 9.36. The lowest BCUT2D eigenvalue weighted by atomic mass is 9.84. The van der Waals surface area contributed by atoms with Crippen LogP contribution in [0, 0.1) is 17.8 Å². The molecule has 11 nitrogen and oxygen atoms in total. The van der Waals surface area contributed by atoms with Gasteiger partial charge in [0.1, 0.15) is 5.92 Å². The molecule has 0 radical (unpaired) electrons. The summed E-state index contributed by atoms with van der Waals surface area (Å²) in [5.74, 6) is -2.07. The zero-order chi connectivity index (χ0) is 37.7. The molecule has 5 aliphatic heterocycles. The molecule has 1 aromatic rings. The number of benzene rings is 1. The van der Waals surface area contributed by atoms with Gasteiger partial charge in [-0.1, -0.05) is 32.0 Å². The second-order valence-corrected chi connectivity index (χ2v) is 14.0. The predicted molar refractivity (Wildman–Crippen MR) is 205 cm³/mol. The lowest BCUT2D eigenvalue weighted by Gasteiger charge is -2.22. The van der Waals surface area contributed by atoms with Gasteiger partial charge < -0.3 is 25.6 Å². The fourth-order valence-corrected chi connectivity index (χ4v) is 8.14. The second kappa shape index (κ2) is 13.9. The Labute approximate surface area is 309 Å². The number of hydrazine groups is 1. The van der Waals surface area contributed by atoms with Gasteiger partial charge in [-0.05, 0) is 93.2 Å². The maximum atomic E-state index is 14.0. The molecule has 0 saturated carbocycles. The maximum absolute atomic E-state index is 14.0. The van der Waals surface area contributed by atoms with E-state index in [0.29, 0.717) is 40.4 Å². The summed E-state index contributed by atoms with van der Waals surface area (Å²) >= 11 is 0. The van der Waals surface area contributed by atoms with E-state index in [-0.39, 0.29) is 30.0 Å². The van der Waals surface area contributed by atoms with Crippen LogP contribution >= 0.6 is 0 Å². The van der Waals surface area contributed by atoms with Crippen molar-refractivity contribution >= 4 is 40.5 Å². The highest BCUT2D eigenvalue weighted by molar-refractivity contribution is 6.25. The summed E-state index contributed by atoms with van der Waals surface area (Å²) in [6, 6.07) is 9.66. The second-order valence-electron chi connectivity index (χ2n) is 14.0. The van der Waals surface area contributed by atoms with Gasteiger partial charge in [0.2, 0.25) is 0 Å². The Morgan fingerprint density at radius 1 is 0.868 bits per heavy atom. The van der Waals surface area contributed by atoms with Crippen molar-refractivity contribution < 1.29 is 23.9 Å². The Balaban J connectivity index is 1.52. The van der Waals surface area contributed by atoms with Crippen LogP contribution in [0.4, 0.5) is 5.69 Å². The van der Waals surface area contributed by atoms with Crippen molar-refractivity contribution in [2.24, 2.45) is 32.7 Å². The molecule has 11 heteroatoms. The predicted octanol–water partition coefficient (Wildman–Crippen LogP) is 6.66. The normalized spacial score (nSPS) is 23.1. The van der Waals surface area contributed by atoms with Gasteiger partial charge in [0.05, 0.1) is 59.8 Å². The smallest absolute Gasteiger partial charge is 0.319 e. The number of ether oxygens (including phenoxy) is 2. The van der Waals surface area contributed by atoms with Crippen LogP contribution in [-0.2, 0) is 23.9 Å². The van der Waals surface area contributed by atoms with Gasteiger partial charge >= 0.3 is 11.9 Å². The van der Waals surface area contributed by atoms with E-state index in [1.807, 2.05) is 69.3 Å². The molecule has 1 aromatic carbocycles. The van der Waals surface area contributed by atoms with Crippen LogP contribution in [-0.4, -0.2) is 49.1 Å². The average Bonchev–Trinajstić information content (AvgIpc) is 3.90. The monoisotopic (exact) mass is 712 g/mol. The van der Waals surface area contributed by atoms with Gasteiger partial charge in [0.15, 0.2) is 5.78 Å². The number of hydrogen-bond acceptors (Lipinski definition) is 11. The van der Waals surface area contributed by atoms with Crippen LogP contribution in [0.2, 0.25) is 0 Å². The van der Waals surface area contributed by atoms with Crippen molar-refractivity contribution in [1.29, 1.82) is 0 Å². The molecule has 6 aliphatic rings. The summed E-state index contributed by atoms with van der Waals surface area (Å²) in [7, 11) is 2.77. The molecular formula is C42H44N6O5. The summed E-state index contributed by atoms with van der Waals surface area (Å²) in [4.78, 5) is 55.1. The summed E-state index contributed by atoms with van der Waals surface area (Å²) in [6.07, 6.45) is 7.27. The molecule has 0 spiro atoms. The van der Waals surface area contributed by atoms with Gasteiger partial charge in [-0.25, -0.2) is 15.0 Å². The molecule has 8 bridgehead atoms. The number of hydrogen-bond donors (Lipinski definition) is 3. The van der Waals surface area contributed by atoms with Crippen molar-refractivity contribution in [1.82, 2.24) is 10.7 Å². The molecule has 0 unspecified atom stereocenters. The topological polar surface area (TPSA) is 143 Å². The SMILES string of the molecule is CCC1=C(C)C2=NC1=CC1=C(C)C3=C(NNc4ccccc4)[C@H](C(=O)OC)C(=C4NC(=CC5=NC(=C2)C(C(C)=O)=C5C)[C@@H](C)[C@@H]4CCC(=O)OC)C3=N1. The minimum atomic E-state index is -0.864. The molecular weight excluding hydrogens is 668 g/mol. The number of methoxy groups -OCH3 is 2. The molecule has 272 valence electrons. The Bertz CT molecular complexity index is 2220. The summed E-state index contributed by atoms with van der Waals surface area (Å²) < 4.78 is 10.6. The molecule has 0 aromatic heterocycles. The zero-order valence-corrected chi connectivity index (χ0v) is 31.4. The third-order valence-electron chi connectivity index (χ3n) is 11.0. The quantitative estimate of drug-likeness (QED) is 0.191. The maximum Gasteiger partial charge on any atom is 0.319 e. The van der Waals surface area contributed by atoms with Crippen LogP contribution in [0.1, 0.15) is 60.8 Å². The van der Waals surface area contributed by atoms with Crippen molar-refractivity contribution in [3.05, 3.63) is 122 Å². The Hall–Kier alpha value is -5.84. The summed E-state index contributed by atoms with van der Waals surface area (Å²) in [5.41, 5.74) is 19.7. The number of esters is 2.